The van der Waals surface area contributed by atoms with Gasteiger partial charge in [-0.15, -0.1) is 0 Å². The summed E-state index contributed by atoms with van der Waals surface area (Å²) in [6.45, 7) is 8.62. The van der Waals surface area contributed by atoms with E-state index in [0.717, 1.165) is 10.5 Å². The van der Waals surface area contributed by atoms with Gasteiger partial charge in [-0.1, -0.05) is 76.2 Å². The number of hydrogen-bond acceptors (Lipinski definition) is 2. The first-order valence-corrected chi connectivity index (χ1v) is 31.1. The fraction of sp³-hybridized carbons (Fsp3) is 0.300. The van der Waals surface area contributed by atoms with Crippen LogP contribution in [-0.2, 0) is 0 Å². The molecule has 0 bridgehead atoms. The molecular formula is C20H21Cl9N3SSb. The maximum atomic E-state index is 6.57. The number of aromatic nitrogens is 2. The van der Waals surface area contributed by atoms with E-state index in [9.17, 15) is 0 Å². The number of halogens is 9. The third kappa shape index (κ3) is 10.5. The Bertz CT molecular complexity index is 1200. The van der Waals surface area contributed by atoms with Gasteiger partial charge in [-0.2, -0.15) is 0 Å². The van der Waals surface area contributed by atoms with Gasteiger partial charge in [-0.3, -0.25) is 0 Å². The van der Waals surface area contributed by atoms with Crippen LogP contribution in [0.4, 0.5) is 5.69 Å². The fourth-order valence-corrected chi connectivity index (χ4v) is 5.07. The zero-order valence-corrected chi connectivity index (χ0v) is 28.5. The Balaban J connectivity index is 0.000000509. The molecule has 1 aromatic heterocycles. The van der Waals surface area contributed by atoms with Gasteiger partial charge in [0.15, 0.2) is 6.04 Å². The van der Waals surface area contributed by atoms with Crippen LogP contribution in [0.3, 0.4) is 0 Å². The second kappa shape index (κ2) is 11.1. The van der Waals surface area contributed by atoms with E-state index in [1.165, 1.54) is 5.01 Å². The molecule has 0 aliphatic heterocycles. The molecule has 34 heavy (non-hydrogen) atoms. The SMILES string of the molecule is CC(C)c1sc(=Nc2ccccc2)n(-c2c(Cl)cc(Cl)cc2Cl)[n+]1C(C)C.[Cl][Sb-]([Cl])([Cl])([Cl])([Cl])[Cl]. The van der Waals surface area contributed by atoms with E-state index in [-0.39, 0.29) is 6.04 Å². The molecule has 0 fully saturated rings. The molecule has 2 aromatic carbocycles. The summed E-state index contributed by atoms with van der Waals surface area (Å²) < 4.78 is 4.22. The van der Waals surface area contributed by atoms with Crippen LogP contribution in [0.2, 0.25) is 15.1 Å². The summed E-state index contributed by atoms with van der Waals surface area (Å²) in [6.07, 6.45) is 0. The third-order valence-electron chi connectivity index (χ3n) is 3.98. The fourth-order valence-electron chi connectivity index (χ4n) is 2.87. The molecule has 3 nitrogen and oxygen atoms in total. The van der Waals surface area contributed by atoms with Gasteiger partial charge in [0.2, 0.25) is 0 Å². The predicted octanol–water partition coefficient (Wildman–Crippen LogP) is 10.5. The molecule has 0 spiro atoms. The molecule has 3 rings (SSSR count). The second-order valence-corrected chi connectivity index (χ2v) is 66.9. The molecule has 0 saturated carbocycles. The van der Waals surface area contributed by atoms with Crippen molar-refractivity contribution in [1.82, 2.24) is 4.68 Å². The average molecular weight is 776 g/mol. The van der Waals surface area contributed by atoms with Crippen molar-refractivity contribution in [2.24, 2.45) is 4.99 Å². The van der Waals surface area contributed by atoms with Crippen LogP contribution >= 0.6 is 99.1 Å². The van der Waals surface area contributed by atoms with Crippen molar-refractivity contribution in [2.45, 2.75) is 39.7 Å². The average Bonchev–Trinajstić information content (AvgIpc) is 2.98. The first-order chi connectivity index (χ1) is 15.2. The third-order valence-corrected chi connectivity index (χ3v) is 6.08. The van der Waals surface area contributed by atoms with Crippen molar-refractivity contribution in [3.63, 3.8) is 0 Å². The minimum atomic E-state index is -5.42. The van der Waals surface area contributed by atoms with E-state index in [1.807, 2.05) is 35.0 Å². The van der Waals surface area contributed by atoms with E-state index in [4.69, 9.17) is 92.8 Å². The van der Waals surface area contributed by atoms with Gasteiger partial charge in [0.1, 0.15) is 5.69 Å². The van der Waals surface area contributed by atoms with E-state index < -0.39 is 9.14 Å². The molecule has 3 aromatic rings. The second-order valence-electron chi connectivity index (χ2n) is 7.75. The zero-order chi connectivity index (χ0) is 26.1. The van der Waals surface area contributed by atoms with Crippen LogP contribution in [-0.4, -0.2) is 13.8 Å². The van der Waals surface area contributed by atoms with E-state index in [1.54, 1.807) is 23.5 Å². The Kier molecular flexibility index (Phi) is 10.3. The van der Waals surface area contributed by atoms with E-state index >= 15 is 0 Å². The normalized spacial score (nSPS) is 14.6. The number of benzene rings is 2. The number of hydrogen-bond donors (Lipinski definition) is 0. The van der Waals surface area contributed by atoms with Gasteiger partial charge >= 0.3 is 62.1 Å². The molecule has 190 valence electrons. The molecule has 0 N–H and O–H groups in total. The van der Waals surface area contributed by atoms with Crippen molar-refractivity contribution in [2.75, 3.05) is 0 Å². The Morgan fingerprint density at radius 2 is 1.32 bits per heavy atom. The summed E-state index contributed by atoms with van der Waals surface area (Å²) in [5.74, 6) is 0.327. The molecule has 0 radical (unpaired) electrons. The molecule has 0 saturated heterocycles. The summed E-state index contributed by atoms with van der Waals surface area (Å²) in [4.78, 5) is 5.69. The van der Waals surface area contributed by atoms with Crippen molar-refractivity contribution >= 4 is 114 Å². The quantitative estimate of drug-likeness (QED) is 0.186. The van der Waals surface area contributed by atoms with Crippen molar-refractivity contribution < 1.29 is 4.68 Å². The Morgan fingerprint density at radius 3 is 1.74 bits per heavy atom. The van der Waals surface area contributed by atoms with Crippen molar-refractivity contribution in [1.29, 1.82) is 0 Å². The molecule has 0 unspecified atom stereocenters. The van der Waals surface area contributed by atoms with Crippen LogP contribution in [0.5, 0.6) is 0 Å². The van der Waals surface area contributed by atoms with Crippen LogP contribution in [0.25, 0.3) is 5.69 Å². The Hall–Kier alpha value is 1.23. The number of nitrogens with zero attached hydrogens (tertiary/aromatic N) is 3. The minimum absolute atomic E-state index is 0.196. The topological polar surface area (TPSA) is 21.2 Å². The standard InChI is InChI=1S/C20H21Cl3N3S.6ClH.Sb/c1-12(2)19-25(13(3)4)26(18-16(22)10-14(21)11-17(18)23)20(27-19)24-15-8-6-5-7-9-15;;;;;;;/h5-13H,1-4H3;6*1H;/q+1;;;;;;;+5/p-6. The van der Waals surface area contributed by atoms with E-state index in [0.29, 0.717) is 26.7 Å². The molecule has 0 atom stereocenters. The predicted molar refractivity (Wildman–Crippen MR) is 156 cm³/mol. The summed E-state index contributed by atoms with van der Waals surface area (Å²) in [7, 11) is 25.0. The summed E-state index contributed by atoms with van der Waals surface area (Å²) in [5, 5.41) is 2.68. The van der Waals surface area contributed by atoms with Gasteiger partial charge in [0, 0.05) is 5.02 Å². The molecule has 14 heteroatoms. The van der Waals surface area contributed by atoms with Crippen molar-refractivity contribution in [3.05, 3.63) is 67.3 Å². The first-order valence-electron chi connectivity index (χ1n) is 9.73. The number of para-hydroxylation sites is 1. The summed E-state index contributed by atoms with van der Waals surface area (Å²) in [6, 6.07) is 13.5. The van der Waals surface area contributed by atoms with Gasteiger partial charge in [0.05, 0.1) is 21.7 Å². The number of rotatable bonds is 4. The molecule has 0 aliphatic carbocycles. The van der Waals surface area contributed by atoms with Gasteiger partial charge in [-0.25, -0.2) is 4.99 Å². The van der Waals surface area contributed by atoms with Crippen molar-refractivity contribution in [3.8, 4) is 5.69 Å². The zero-order valence-electron chi connectivity index (χ0n) is 18.3. The Morgan fingerprint density at radius 1 is 0.853 bits per heavy atom. The molecule has 0 aliphatic rings. The van der Waals surface area contributed by atoms with Crippen LogP contribution < -0.4 is 9.48 Å². The van der Waals surface area contributed by atoms with Gasteiger partial charge in [-0.05, 0) is 49.4 Å². The van der Waals surface area contributed by atoms with E-state index in [2.05, 4.69) is 32.4 Å². The monoisotopic (exact) mass is 771 g/mol. The molecular weight excluding hydrogens is 755 g/mol. The summed E-state index contributed by atoms with van der Waals surface area (Å²) in [5.41, 5.74) is 1.56. The van der Waals surface area contributed by atoms with Crippen LogP contribution in [0.1, 0.15) is 44.7 Å². The van der Waals surface area contributed by atoms with Gasteiger partial charge < -0.3 is 0 Å². The van der Waals surface area contributed by atoms with Crippen LogP contribution in [0.15, 0.2) is 47.5 Å². The van der Waals surface area contributed by atoms with Crippen LogP contribution in [0, 0.1) is 0 Å². The first kappa shape index (κ1) is 31.4. The summed E-state index contributed by atoms with van der Waals surface area (Å²) >= 11 is 20.9. The molecule has 0 amide bonds. The maximum absolute atomic E-state index is 6.57. The molecule has 1 heterocycles. The van der Waals surface area contributed by atoms with Gasteiger partial charge in [0.25, 0.3) is 9.81 Å². The Labute approximate surface area is 238 Å².